The highest BCUT2D eigenvalue weighted by Crippen LogP contribution is 2.31. The summed E-state index contributed by atoms with van der Waals surface area (Å²) in [6.45, 7) is 0. The summed E-state index contributed by atoms with van der Waals surface area (Å²) in [6.07, 6.45) is 3.15. The molecule has 0 aliphatic carbocycles. The van der Waals surface area contributed by atoms with Crippen LogP contribution in [0.15, 0.2) is 58.4 Å². The van der Waals surface area contributed by atoms with Gasteiger partial charge in [0.1, 0.15) is 5.75 Å². The summed E-state index contributed by atoms with van der Waals surface area (Å²) < 4.78 is 6.44. The zero-order valence-electron chi connectivity index (χ0n) is 11.3. The number of hydrogen-bond acceptors (Lipinski definition) is 3. The van der Waals surface area contributed by atoms with E-state index in [0.29, 0.717) is 10.8 Å². The first-order valence-electron chi connectivity index (χ1n) is 6.46. The zero-order valence-corrected chi connectivity index (χ0v) is 14.4. The first-order chi connectivity index (χ1) is 10.6. The molecule has 2 nitrogen and oxygen atoms in total. The Morgan fingerprint density at radius 3 is 2.59 bits per heavy atom. The normalized spacial score (nSPS) is 11.2. The Morgan fingerprint density at radius 1 is 1.09 bits per heavy atom. The Labute approximate surface area is 145 Å². The number of halogens is 2. The van der Waals surface area contributed by atoms with Gasteiger partial charge in [-0.15, -0.1) is 11.3 Å². The van der Waals surface area contributed by atoms with E-state index in [9.17, 15) is 4.79 Å². The van der Waals surface area contributed by atoms with Gasteiger partial charge in [-0.05, 0) is 46.3 Å². The van der Waals surface area contributed by atoms with Crippen LogP contribution in [0.4, 0.5) is 0 Å². The molecule has 0 amide bonds. The maximum atomic E-state index is 12.0. The first kappa shape index (κ1) is 15.3. The Kier molecular flexibility index (Phi) is 4.62. The van der Waals surface area contributed by atoms with Crippen molar-refractivity contribution in [1.29, 1.82) is 0 Å². The highest BCUT2D eigenvalue weighted by atomic mass is 79.9. The number of fused-ring (bicyclic) bond motifs is 1. The molecule has 1 heterocycles. The molecule has 0 aliphatic heterocycles. The SMILES string of the molecule is O=C(/C=C/c1ccc(Br)s1)Oc1ccc(Cl)c2ccccc12. The lowest BCUT2D eigenvalue weighted by Gasteiger charge is -2.07. The van der Waals surface area contributed by atoms with Crippen molar-refractivity contribution in [2.24, 2.45) is 0 Å². The molecule has 0 saturated heterocycles. The van der Waals surface area contributed by atoms with E-state index >= 15 is 0 Å². The first-order valence-corrected chi connectivity index (χ1v) is 8.45. The van der Waals surface area contributed by atoms with Crippen molar-refractivity contribution in [3.05, 3.63) is 68.3 Å². The predicted octanol–water partition coefficient (Wildman–Crippen LogP) is 5.94. The fraction of sp³-hybridized carbons (Fsp3) is 0. The average Bonchev–Trinajstić information content (AvgIpc) is 2.94. The van der Waals surface area contributed by atoms with Crippen LogP contribution in [-0.4, -0.2) is 5.97 Å². The van der Waals surface area contributed by atoms with Crippen molar-refractivity contribution in [2.75, 3.05) is 0 Å². The second-order valence-corrected chi connectivity index (χ2v) is 7.39. The average molecular weight is 394 g/mol. The Balaban J connectivity index is 1.82. The Hall–Kier alpha value is -1.62. The van der Waals surface area contributed by atoms with Gasteiger partial charge < -0.3 is 4.74 Å². The number of benzene rings is 2. The van der Waals surface area contributed by atoms with Crippen LogP contribution in [0.1, 0.15) is 4.88 Å². The minimum atomic E-state index is -0.419. The van der Waals surface area contributed by atoms with E-state index in [0.717, 1.165) is 19.4 Å². The summed E-state index contributed by atoms with van der Waals surface area (Å²) >= 11 is 11.1. The number of ether oxygens (including phenoxy) is 1. The molecule has 0 saturated carbocycles. The van der Waals surface area contributed by atoms with E-state index in [2.05, 4.69) is 15.9 Å². The van der Waals surface area contributed by atoms with E-state index in [-0.39, 0.29) is 0 Å². The van der Waals surface area contributed by atoms with Crippen LogP contribution < -0.4 is 4.74 Å². The van der Waals surface area contributed by atoms with E-state index in [1.165, 1.54) is 6.08 Å². The van der Waals surface area contributed by atoms with Crippen LogP contribution in [0.3, 0.4) is 0 Å². The van der Waals surface area contributed by atoms with Crippen LogP contribution >= 0.6 is 38.9 Å². The molecule has 0 fully saturated rings. The Morgan fingerprint density at radius 2 is 1.86 bits per heavy atom. The molecular weight excluding hydrogens is 384 g/mol. The fourth-order valence-electron chi connectivity index (χ4n) is 2.03. The molecule has 1 aromatic heterocycles. The highest BCUT2D eigenvalue weighted by Gasteiger charge is 2.08. The summed E-state index contributed by atoms with van der Waals surface area (Å²) in [5, 5.41) is 2.31. The van der Waals surface area contributed by atoms with Gasteiger partial charge in [0.25, 0.3) is 0 Å². The van der Waals surface area contributed by atoms with Gasteiger partial charge in [0.15, 0.2) is 0 Å². The Bertz CT molecular complexity index is 870. The lowest BCUT2D eigenvalue weighted by atomic mass is 10.1. The van der Waals surface area contributed by atoms with E-state index < -0.39 is 5.97 Å². The molecule has 22 heavy (non-hydrogen) atoms. The summed E-state index contributed by atoms with van der Waals surface area (Å²) in [6, 6.07) is 14.9. The zero-order chi connectivity index (χ0) is 15.5. The largest absolute Gasteiger partial charge is 0.423 e. The molecule has 3 aromatic rings. The molecular formula is C17H10BrClO2S. The van der Waals surface area contributed by atoms with E-state index in [1.807, 2.05) is 36.4 Å². The molecule has 2 aromatic carbocycles. The second kappa shape index (κ2) is 6.65. The number of hydrogen-bond donors (Lipinski definition) is 0. The van der Waals surface area contributed by atoms with Crippen LogP contribution in [-0.2, 0) is 4.79 Å². The van der Waals surface area contributed by atoms with Crippen molar-refractivity contribution in [3.63, 3.8) is 0 Å². The second-order valence-electron chi connectivity index (χ2n) is 4.49. The minimum absolute atomic E-state index is 0.419. The lowest BCUT2D eigenvalue weighted by Crippen LogP contribution is -2.03. The minimum Gasteiger partial charge on any atom is -0.423 e. The van der Waals surface area contributed by atoms with Crippen LogP contribution in [0.2, 0.25) is 5.02 Å². The van der Waals surface area contributed by atoms with Gasteiger partial charge in [-0.25, -0.2) is 4.79 Å². The third-order valence-corrected chi connectivity index (χ3v) is 4.94. The third-order valence-electron chi connectivity index (χ3n) is 3.02. The fourth-order valence-corrected chi connectivity index (χ4v) is 3.59. The monoisotopic (exact) mass is 392 g/mol. The summed E-state index contributed by atoms with van der Waals surface area (Å²) in [5.41, 5.74) is 0. The number of esters is 1. The van der Waals surface area contributed by atoms with E-state index in [4.69, 9.17) is 16.3 Å². The maximum absolute atomic E-state index is 12.0. The molecule has 0 spiro atoms. The van der Waals surface area contributed by atoms with Crippen molar-refractivity contribution < 1.29 is 9.53 Å². The summed E-state index contributed by atoms with van der Waals surface area (Å²) in [4.78, 5) is 12.9. The maximum Gasteiger partial charge on any atom is 0.336 e. The molecule has 0 N–H and O–H groups in total. The number of carbonyl (C=O) groups excluding carboxylic acids is 1. The molecule has 0 bridgehead atoms. The smallest absolute Gasteiger partial charge is 0.336 e. The summed E-state index contributed by atoms with van der Waals surface area (Å²) in [5.74, 6) is 0.0824. The number of carbonyl (C=O) groups is 1. The third kappa shape index (κ3) is 3.40. The van der Waals surface area contributed by atoms with Gasteiger partial charge in [-0.3, -0.25) is 0 Å². The van der Waals surface area contributed by atoms with Gasteiger partial charge in [-0.1, -0.05) is 35.9 Å². The molecule has 110 valence electrons. The predicted molar refractivity (Wildman–Crippen MR) is 95.6 cm³/mol. The highest BCUT2D eigenvalue weighted by molar-refractivity contribution is 9.11. The molecule has 5 heteroatoms. The van der Waals surface area contributed by atoms with Gasteiger partial charge in [0, 0.05) is 26.7 Å². The molecule has 0 radical (unpaired) electrons. The standard InChI is InChI=1S/C17H10BrClO2S/c18-16-9-5-11(22-16)6-10-17(20)21-15-8-7-14(19)12-3-1-2-4-13(12)15/h1-10H/b10-6+. The van der Waals surface area contributed by atoms with Gasteiger partial charge in [0.2, 0.25) is 0 Å². The van der Waals surface area contributed by atoms with Crippen LogP contribution in [0.25, 0.3) is 16.8 Å². The van der Waals surface area contributed by atoms with Gasteiger partial charge in [0.05, 0.1) is 3.79 Å². The summed E-state index contributed by atoms with van der Waals surface area (Å²) in [7, 11) is 0. The molecule has 0 aliphatic rings. The van der Waals surface area contributed by atoms with Crippen molar-refractivity contribution in [1.82, 2.24) is 0 Å². The van der Waals surface area contributed by atoms with Crippen LogP contribution in [0, 0.1) is 0 Å². The topological polar surface area (TPSA) is 26.3 Å². The van der Waals surface area contributed by atoms with Crippen molar-refractivity contribution >= 4 is 61.7 Å². The number of rotatable bonds is 3. The molecule has 0 unspecified atom stereocenters. The van der Waals surface area contributed by atoms with Crippen molar-refractivity contribution in [3.8, 4) is 5.75 Å². The number of thiophene rings is 1. The molecule has 0 atom stereocenters. The van der Waals surface area contributed by atoms with Gasteiger partial charge >= 0.3 is 5.97 Å². The van der Waals surface area contributed by atoms with Crippen LogP contribution in [0.5, 0.6) is 5.75 Å². The molecule has 3 rings (SSSR count). The van der Waals surface area contributed by atoms with Crippen molar-refractivity contribution in [2.45, 2.75) is 0 Å². The van der Waals surface area contributed by atoms with Gasteiger partial charge in [-0.2, -0.15) is 0 Å². The quantitative estimate of drug-likeness (QED) is 0.313. The van der Waals surface area contributed by atoms with E-state index in [1.54, 1.807) is 29.5 Å². The lowest BCUT2D eigenvalue weighted by molar-refractivity contribution is -0.128.